The molecule has 0 aliphatic carbocycles. The molecule has 0 aliphatic rings. The molecule has 0 aliphatic heterocycles. The predicted octanol–water partition coefficient (Wildman–Crippen LogP) is 5.43. The van der Waals surface area contributed by atoms with Gasteiger partial charge in [0, 0.05) is 14.2 Å². The Bertz CT molecular complexity index is 1360. The molecule has 36 heavy (non-hydrogen) atoms. The van der Waals surface area contributed by atoms with Gasteiger partial charge in [-0.05, 0) is 36.4 Å². The van der Waals surface area contributed by atoms with Gasteiger partial charge in [0.1, 0.15) is 11.6 Å². The van der Waals surface area contributed by atoms with Gasteiger partial charge in [0.05, 0.1) is 16.7 Å². The molecule has 0 fully saturated rings. The van der Waals surface area contributed by atoms with Crippen LogP contribution in [-0.4, -0.2) is 44.6 Å². The highest BCUT2D eigenvalue weighted by atomic mass is 32.2. The summed E-state index contributed by atoms with van der Waals surface area (Å²) in [4.78, 5) is 20.9. The lowest BCUT2D eigenvalue weighted by Crippen LogP contribution is -2.37. The average Bonchev–Trinajstić information content (AvgIpc) is 3.24. The minimum absolute atomic E-state index is 0. The second kappa shape index (κ2) is 11.4. The number of fused-ring (bicyclic) bond motifs is 1. The molecule has 188 valence electrons. The Kier molecular flexibility index (Phi) is 8.27. The van der Waals surface area contributed by atoms with Crippen LogP contribution in [0.3, 0.4) is 0 Å². The molecule has 2 heterocycles. The van der Waals surface area contributed by atoms with Crippen LogP contribution in [-0.2, 0) is 15.3 Å². The van der Waals surface area contributed by atoms with Crippen LogP contribution in [0.15, 0.2) is 90.0 Å². The van der Waals surface area contributed by atoms with Gasteiger partial charge in [0.15, 0.2) is 5.16 Å². The molecule has 0 bridgehead atoms. The van der Waals surface area contributed by atoms with Gasteiger partial charge in [-0.1, -0.05) is 54.4 Å². The molecule has 3 rings (SSSR count). The molecule has 0 radical (unpaired) electrons. The second-order valence-corrected chi connectivity index (χ2v) is 7.99. The standard InChI is InChI=1S/C23H22F2N8O2S.H2/c1-4-9-16(5-2)35-23(24,25)20(34)30-19-13-8-10-15(28-19)14-36-22-29-17-11-6-7-12-18(17)33(22)21(26)32(3)31-27;/h4-13,26-27H,1-2,14H2,3H3,(H,28,30,34);1H/b16-9+,26-21?,31-27?;. The smallest absolute Gasteiger partial charge is 0.425 e. The number of alkyl halides is 2. The second-order valence-electron chi connectivity index (χ2n) is 7.05. The Morgan fingerprint density at radius 1 is 1.31 bits per heavy atom. The number of aromatic nitrogens is 3. The van der Waals surface area contributed by atoms with E-state index in [9.17, 15) is 13.6 Å². The van der Waals surface area contributed by atoms with Crippen molar-refractivity contribution in [2.45, 2.75) is 17.0 Å². The number of hydrogen-bond acceptors (Lipinski definition) is 8. The highest BCUT2D eigenvalue weighted by molar-refractivity contribution is 7.98. The first-order valence-electron chi connectivity index (χ1n) is 10.3. The number of thioether (sulfide) groups is 1. The monoisotopic (exact) mass is 514 g/mol. The normalized spacial score (nSPS) is 11.6. The van der Waals surface area contributed by atoms with Gasteiger partial charge in [-0.2, -0.15) is 14.3 Å². The van der Waals surface area contributed by atoms with Gasteiger partial charge in [-0.3, -0.25) is 14.8 Å². The minimum atomic E-state index is -4.17. The van der Waals surface area contributed by atoms with E-state index < -0.39 is 12.0 Å². The van der Waals surface area contributed by atoms with Crippen molar-refractivity contribution >= 4 is 40.5 Å². The van der Waals surface area contributed by atoms with Crippen LogP contribution in [0.5, 0.6) is 0 Å². The maximum Gasteiger partial charge on any atom is 0.482 e. The fourth-order valence-corrected chi connectivity index (χ4v) is 3.82. The fourth-order valence-electron chi connectivity index (χ4n) is 2.91. The van der Waals surface area contributed by atoms with Crippen LogP contribution >= 0.6 is 11.8 Å². The number of benzene rings is 1. The molecule has 0 spiro atoms. The Morgan fingerprint density at radius 3 is 2.75 bits per heavy atom. The van der Waals surface area contributed by atoms with Crippen LogP contribution in [0, 0.1) is 10.9 Å². The molecule has 0 atom stereocenters. The average molecular weight is 515 g/mol. The summed E-state index contributed by atoms with van der Waals surface area (Å²) in [5.74, 6) is -1.95. The van der Waals surface area contributed by atoms with Crippen molar-refractivity contribution in [3.63, 3.8) is 0 Å². The van der Waals surface area contributed by atoms with Gasteiger partial charge < -0.3 is 10.1 Å². The van der Waals surface area contributed by atoms with Gasteiger partial charge >= 0.3 is 12.0 Å². The van der Waals surface area contributed by atoms with Gasteiger partial charge in [0.2, 0.25) is 5.96 Å². The van der Waals surface area contributed by atoms with Gasteiger partial charge in [-0.25, -0.2) is 15.0 Å². The zero-order valence-electron chi connectivity index (χ0n) is 19.1. The number of allylic oxidation sites excluding steroid dienone is 3. The van der Waals surface area contributed by atoms with Crippen molar-refractivity contribution in [1.82, 2.24) is 19.5 Å². The van der Waals surface area contributed by atoms with Crippen molar-refractivity contribution in [2.75, 3.05) is 12.4 Å². The van der Waals surface area contributed by atoms with E-state index in [-0.39, 0.29) is 24.7 Å². The van der Waals surface area contributed by atoms with Crippen molar-refractivity contribution in [3.8, 4) is 0 Å². The first-order chi connectivity index (χ1) is 17.2. The van der Waals surface area contributed by atoms with E-state index in [1.54, 1.807) is 30.3 Å². The van der Waals surface area contributed by atoms with Gasteiger partial charge in [-0.15, -0.1) is 0 Å². The fraction of sp³-hybridized carbons (Fsp3) is 0.130. The molecular formula is C23H24F2N8O2S. The zero-order chi connectivity index (χ0) is 26.3. The third-order valence-electron chi connectivity index (χ3n) is 4.59. The van der Waals surface area contributed by atoms with Crippen LogP contribution in [0.25, 0.3) is 11.0 Å². The first-order valence-corrected chi connectivity index (χ1v) is 11.3. The maximum atomic E-state index is 14.2. The predicted molar refractivity (Wildman–Crippen MR) is 135 cm³/mol. The quantitative estimate of drug-likeness (QED) is 0.0628. The summed E-state index contributed by atoms with van der Waals surface area (Å²) >= 11 is 1.24. The highest BCUT2D eigenvalue weighted by Crippen LogP contribution is 2.27. The maximum absolute atomic E-state index is 14.2. The number of ether oxygens (including phenoxy) is 1. The molecule has 1 amide bonds. The topological polar surface area (TPSA) is 132 Å². The van der Waals surface area contributed by atoms with E-state index in [4.69, 9.17) is 10.9 Å². The zero-order valence-corrected chi connectivity index (χ0v) is 19.9. The SMILES string of the molecule is C=C/C=C(\C=C)OC(F)(F)C(=O)Nc1cccc(CSc2nc3ccccc3n2C(=N)N(C)N=N)n1.[HH]. The van der Waals surface area contributed by atoms with E-state index in [0.717, 1.165) is 17.2 Å². The largest absolute Gasteiger partial charge is 0.482 e. The number of imidazole rings is 1. The van der Waals surface area contributed by atoms with Crippen molar-refractivity contribution in [2.24, 2.45) is 5.22 Å². The number of hydrogen-bond donors (Lipinski definition) is 3. The third kappa shape index (κ3) is 5.99. The van der Waals surface area contributed by atoms with Crippen molar-refractivity contribution < 1.29 is 19.7 Å². The molecule has 3 N–H and O–H groups in total. The van der Waals surface area contributed by atoms with Gasteiger partial charge in [0.25, 0.3) is 0 Å². The summed E-state index contributed by atoms with van der Waals surface area (Å²) < 4.78 is 34.4. The number of amides is 1. The summed E-state index contributed by atoms with van der Waals surface area (Å²) in [7, 11) is 1.47. The van der Waals surface area contributed by atoms with E-state index in [1.165, 1.54) is 35.5 Å². The number of anilines is 1. The number of nitrogens with zero attached hydrogens (tertiary/aromatic N) is 5. The summed E-state index contributed by atoms with van der Waals surface area (Å²) in [6.07, 6.45) is -0.770. The molecule has 2 aromatic heterocycles. The summed E-state index contributed by atoms with van der Waals surface area (Å²) in [5.41, 5.74) is 8.96. The lowest BCUT2D eigenvalue weighted by molar-refractivity contribution is -0.207. The Hall–Kier alpha value is -4.39. The van der Waals surface area contributed by atoms with Crippen LogP contribution in [0.2, 0.25) is 0 Å². The van der Waals surface area contributed by atoms with E-state index in [1.807, 2.05) is 11.4 Å². The number of carbonyl (C=O) groups is 1. The highest BCUT2D eigenvalue weighted by Gasteiger charge is 2.42. The number of carbonyl (C=O) groups excluding carboxylic acids is 1. The van der Waals surface area contributed by atoms with E-state index in [0.29, 0.717) is 21.9 Å². The summed E-state index contributed by atoms with van der Waals surface area (Å²) in [6, 6.07) is 11.8. The molecule has 13 heteroatoms. The third-order valence-corrected chi connectivity index (χ3v) is 5.56. The lowest BCUT2D eigenvalue weighted by atomic mass is 10.3. The van der Waals surface area contributed by atoms with Crippen LogP contribution in [0.1, 0.15) is 7.12 Å². The molecule has 10 nitrogen and oxygen atoms in total. The summed E-state index contributed by atoms with van der Waals surface area (Å²) in [5, 5.41) is 15.2. The van der Waals surface area contributed by atoms with Crippen molar-refractivity contribution in [1.29, 1.82) is 10.9 Å². The number of pyridine rings is 1. The molecular weight excluding hydrogens is 490 g/mol. The summed E-state index contributed by atoms with van der Waals surface area (Å²) in [6.45, 7) is 6.74. The van der Waals surface area contributed by atoms with Crippen LogP contribution in [0.4, 0.5) is 14.6 Å². The van der Waals surface area contributed by atoms with E-state index in [2.05, 4.69) is 33.1 Å². The minimum Gasteiger partial charge on any atom is -0.425 e. The Labute approximate surface area is 210 Å². The number of rotatable bonds is 10. The van der Waals surface area contributed by atoms with Crippen molar-refractivity contribution in [3.05, 3.63) is 85.3 Å². The Balaban J connectivity index is 0.00000481. The number of para-hydroxylation sites is 2. The molecule has 1 aromatic carbocycles. The molecule has 3 aromatic rings. The molecule has 0 unspecified atom stereocenters. The van der Waals surface area contributed by atoms with E-state index >= 15 is 0 Å². The Morgan fingerprint density at radius 2 is 2.06 bits per heavy atom. The lowest BCUT2D eigenvalue weighted by Gasteiger charge is -2.17. The number of nitrogens with one attached hydrogen (secondary N) is 3. The van der Waals surface area contributed by atoms with Crippen LogP contribution < -0.4 is 5.32 Å². The molecule has 0 saturated heterocycles. The number of halogens is 2. The first kappa shape index (κ1) is 26.2. The molecule has 0 saturated carbocycles.